The lowest BCUT2D eigenvalue weighted by Gasteiger charge is -2.38. The molecule has 1 unspecified atom stereocenters. The van der Waals surface area contributed by atoms with Crippen molar-refractivity contribution in [3.8, 4) is 11.3 Å². The smallest absolute Gasteiger partial charge is 0.227 e. The van der Waals surface area contributed by atoms with E-state index in [-0.39, 0.29) is 0 Å². The lowest BCUT2D eigenvalue weighted by atomic mass is 10.1. The number of benzene rings is 1. The van der Waals surface area contributed by atoms with Crippen LogP contribution in [0.15, 0.2) is 35.8 Å². The van der Waals surface area contributed by atoms with Crippen molar-refractivity contribution in [3.63, 3.8) is 0 Å². The summed E-state index contributed by atoms with van der Waals surface area (Å²) in [6.45, 7) is 3.26. The van der Waals surface area contributed by atoms with E-state index in [1.165, 1.54) is 6.42 Å². The highest BCUT2D eigenvalue weighted by Crippen LogP contribution is 2.31. The van der Waals surface area contributed by atoms with Crippen LogP contribution >= 0.6 is 11.3 Å². The molecule has 0 bridgehead atoms. The Hall–Kier alpha value is -2.01. The molecule has 5 heteroatoms. The van der Waals surface area contributed by atoms with Crippen molar-refractivity contribution in [1.82, 2.24) is 15.0 Å². The van der Waals surface area contributed by atoms with Crippen LogP contribution < -0.4 is 4.90 Å². The van der Waals surface area contributed by atoms with Crippen molar-refractivity contribution in [2.75, 3.05) is 11.4 Å². The van der Waals surface area contributed by atoms with Gasteiger partial charge in [-0.1, -0.05) is 30.3 Å². The topological polar surface area (TPSA) is 41.9 Å². The van der Waals surface area contributed by atoms with Crippen LogP contribution in [0.5, 0.6) is 0 Å². The van der Waals surface area contributed by atoms with Crippen LogP contribution in [0.3, 0.4) is 0 Å². The van der Waals surface area contributed by atoms with Gasteiger partial charge in [0.2, 0.25) is 5.95 Å². The number of hydrogen-bond donors (Lipinski definition) is 0. The van der Waals surface area contributed by atoms with Crippen LogP contribution in [0.25, 0.3) is 21.6 Å². The first-order valence-electron chi connectivity index (χ1n) is 6.76. The number of fused-ring (bicyclic) bond motifs is 1. The second-order valence-electron chi connectivity index (χ2n) is 5.08. The third kappa shape index (κ3) is 1.78. The zero-order valence-electron chi connectivity index (χ0n) is 11.2. The molecule has 100 valence electrons. The predicted molar refractivity (Wildman–Crippen MR) is 82.1 cm³/mol. The highest BCUT2D eigenvalue weighted by molar-refractivity contribution is 7.16. The third-order valence-corrected chi connectivity index (χ3v) is 4.53. The molecule has 3 heterocycles. The number of thiazole rings is 1. The number of anilines is 1. The molecule has 0 amide bonds. The first kappa shape index (κ1) is 11.8. The van der Waals surface area contributed by atoms with Crippen LogP contribution in [-0.2, 0) is 0 Å². The zero-order chi connectivity index (χ0) is 13.5. The molecule has 3 aromatic rings. The maximum absolute atomic E-state index is 4.77. The molecule has 1 fully saturated rings. The van der Waals surface area contributed by atoms with Gasteiger partial charge in [0.25, 0.3) is 0 Å². The molecule has 1 aliphatic rings. The first-order chi connectivity index (χ1) is 9.83. The Kier molecular flexibility index (Phi) is 2.67. The Bertz CT molecular complexity index is 753. The summed E-state index contributed by atoms with van der Waals surface area (Å²) >= 11 is 1.57. The fourth-order valence-electron chi connectivity index (χ4n) is 2.49. The number of hydrogen-bond acceptors (Lipinski definition) is 5. The molecular weight excluding hydrogens is 268 g/mol. The van der Waals surface area contributed by atoms with Gasteiger partial charge in [-0.25, -0.2) is 9.97 Å². The predicted octanol–water partition coefficient (Wildman–Crippen LogP) is 3.35. The number of rotatable bonds is 2. The highest BCUT2D eigenvalue weighted by Gasteiger charge is 2.27. The van der Waals surface area contributed by atoms with E-state index in [9.17, 15) is 0 Å². The van der Waals surface area contributed by atoms with E-state index in [4.69, 9.17) is 4.98 Å². The lowest BCUT2D eigenvalue weighted by Crippen LogP contribution is -2.46. The van der Waals surface area contributed by atoms with Gasteiger partial charge >= 0.3 is 0 Å². The first-order valence-corrected chi connectivity index (χ1v) is 7.64. The normalized spacial score (nSPS) is 18.2. The Morgan fingerprint density at radius 1 is 1.20 bits per heavy atom. The van der Waals surface area contributed by atoms with E-state index in [1.807, 2.05) is 23.7 Å². The van der Waals surface area contributed by atoms with Crippen molar-refractivity contribution in [1.29, 1.82) is 0 Å². The quantitative estimate of drug-likeness (QED) is 0.723. The standard InChI is InChI=1S/C15H14N4S/c1-10-7-8-19(10)15-17-12(11-5-3-2-4-6-11)13-14(18-15)20-9-16-13/h2-6,9-10H,7-8H2,1H3. The molecule has 0 aliphatic carbocycles. The summed E-state index contributed by atoms with van der Waals surface area (Å²) in [5.74, 6) is 0.833. The molecule has 4 nitrogen and oxygen atoms in total. The van der Waals surface area contributed by atoms with Gasteiger partial charge in [-0.2, -0.15) is 4.98 Å². The molecule has 1 aromatic carbocycles. The molecular formula is C15H14N4S. The number of aromatic nitrogens is 3. The summed E-state index contributed by atoms with van der Waals surface area (Å²) in [6.07, 6.45) is 1.21. The summed E-state index contributed by atoms with van der Waals surface area (Å²) < 4.78 is 0. The molecule has 1 aliphatic heterocycles. The molecule has 1 atom stereocenters. The monoisotopic (exact) mass is 282 g/mol. The molecule has 0 radical (unpaired) electrons. The van der Waals surface area contributed by atoms with Crippen molar-refractivity contribution < 1.29 is 0 Å². The Balaban J connectivity index is 1.92. The minimum Gasteiger partial charge on any atom is -0.338 e. The minimum absolute atomic E-state index is 0.531. The van der Waals surface area contributed by atoms with Gasteiger partial charge in [-0.3, -0.25) is 0 Å². The molecule has 4 rings (SSSR count). The van der Waals surface area contributed by atoms with E-state index in [2.05, 4.69) is 33.9 Å². The van der Waals surface area contributed by atoms with Gasteiger partial charge in [0.05, 0.1) is 5.51 Å². The van der Waals surface area contributed by atoms with E-state index in [0.29, 0.717) is 6.04 Å². The molecule has 0 saturated carbocycles. The van der Waals surface area contributed by atoms with Crippen molar-refractivity contribution in [2.45, 2.75) is 19.4 Å². The van der Waals surface area contributed by atoms with E-state index in [1.54, 1.807) is 11.3 Å². The fraction of sp³-hybridized carbons (Fsp3) is 0.267. The SMILES string of the molecule is CC1CCN1c1nc(-c2ccccc2)c2ncsc2n1. The summed E-state index contributed by atoms with van der Waals surface area (Å²) in [5, 5.41) is 0. The minimum atomic E-state index is 0.531. The van der Waals surface area contributed by atoms with Crippen LogP contribution in [0.1, 0.15) is 13.3 Å². The second-order valence-corrected chi connectivity index (χ2v) is 5.91. The van der Waals surface area contributed by atoms with Gasteiger partial charge in [-0.05, 0) is 13.3 Å². The van der Waals surface area contributed by atoms with Gasteiger partial charge in [0.1, 0.15) is 16.0 Å². The largest absolute Gasteiger partial charge is 0.338 e. The summed E-state index contributed by atoms with van der Waals surface area (Å²) in [5.41, 5.74) is 4.78. The molecule has 1 saturated heterocycles. The second kappa shape index (κ2) is 4.52. The van der Waals surface area contributed by atoms with Crippen LogP contribution in [-0.4, -0.2) is 27.5 Å². The van der Waals surface area contributed by atoms with Crippen molar-refractivity contribution in [2.24, 2.45) is 0 Å². The summed E-state index contributed by atoms with van der Waals surface area (Å²) in [6, 6.07) is 10.8. The third-order valence-electron chi connectivity index (χ3n) is 3.81. The summed E-state index contributed by atoms with van der Waals surface area (Å²) in [7, 11) is 0. The molecule has 20 heavy (non-hydrogen) atoms. The van der Waals surface area contributed by atoms with Gasteiger partial charge < -0.3 is 4.90 Å². The van der Waals surface area contributed by atoms with Crippen molar-refractivity contribution >= 4 is 27.6 Å². The molecule has 2 aromatic heterocycles. The zero-order valence-corrected chi connectivity index (χ0v) is 12.0. The van der Waals surface area contributed by atoms with Gasteiger partial charge in [0.15, 0.2) is 0 Å². The lowest BCUT2D eigenvalue weighted by molar-refractivity contribution is 0.471. The molecule has 0 N–H and O–H groups in total. The van der Waals surface area contributed by atoms with Crippen LogP contribution in [0.4, 0.5) is 5.95 Å². The average Bonchev–Trinajstić information content (AvgIpc) is 2.94. The Morgan fingerprint density at radius 3 is 2.75 bits per heavy atom. The highest BCUT2D eigenvalue weighted by atomic mass is 32.1. The summed E-state index contributed by atoms with van der Waals surface area (Å²) in [4.78, 5) is 17.1. The maximum Gasteiger partial charge on any atom is 0.227 e. The van der Waals surface area contributed by atoms with Crippen LogP contribution in [0.2, 0.25) is 0 Å². The van der Waals surface area contributed by atoms with Gasteiger partial charge in [-0.15, -0.1) is 11.3 Å². The van der Waals surface area contributed by atoms with Crippen molar-refractivity contribution in [3.05, 3.63) is 35.8 Å². The average molecular weight is 282 g/mol. The van der Waals surface area contributed by atoms with E-state index in [0.717, 1.165) is 34.1 Å². The maximum atomic E-state index is 4.77. The van der Waals surface area contributed by atoms with E-state index < -0.39 is 0 Å². The molecule has 0 spiro atoms. The number of nitrogens with zero attached hydrogens (tertiary/aromatic N) is 4. The Labute approximate surface area is 121 Å². The Morgan fingerprint density at radius 2 is 2.05 bits per heavy atom. The fourth-order valence-corrected chi connectivity index (χ4v) is 3.14. The van der Waals surface area contributed by atoms with E-state index >= 15 is 0 Å². The van der Waals surface area contributed by atoms with Gasteiger partial charge in [0, 0.05) is 18.2 Å². The van der Waals surface area contributed by atoms with Crippen LogP contribution in [0, 0.1) is 0 Å².